The highest BCUT2D eigenvalue weighted by molar-refractivity contribution is 5.81. The predicted molar refractivity (Wildman–Crippen MR) is 40.0 cm³/mol. The molecule has 1 amide bonds. The third kappa shape index (κ3) is 4.72. The van der Waals surface area contributed by atoms with Gasteiger partial charge in [-0.1, -0.05) is 13.3 Å². The SMILES string of the molecule is CCC[C@H](CO)NC(=O)C(F)(F)F. The smallest absolute Gasteiger partial charge is 0.394 e. The zero-order valence-electron chi connectivity index (χ0n) is 7.19. The lowest BCUT2D eigenvalue weighted by molar-refractivity contribution is -0.174. The Bertz CT molecular complexity index is 170. The summed E-state index contributed by atoms with van der Waals surface area (Å²) in [4.78, 5) is 10.4. The van der Waals surface area contributed by atoms with Crippen molar-refractivity contribution in [3.8, 4) is 0 Å². The molecule has 0 fully saturated rings. The molecule has 0 unspecified atom stereocenters. The van der Waals surface area contributed by atoms with Crippen molar-refractivity contribution in [1.29, 1.82) is 0 Å². The first-order valence-electron chi connectivity index (χ1n) is 3.90. The summed E-state index contributed by atoms with van der Waals surface area (Å²) in [7, 11) is 0. The second kappa shape index (κ2) is 5.06. The van der Waals surface area contributed by atoms with Crippen molar-refractivity contribution in [2.24, 2.45) is 0 Å². The second-order valence-corrected chi connectivity index (χ2v) is 2.64. The molecule has 0 heterocycles. The summed E-state index contributed by atoms with van der Waals surface area (Å²) >= 11 is 0. The van der Waals surface area contributed by atoms with Crippen molar-refractivity contribution in [3.05, 3.63) is 0 Å². The fourth-order valence-corrected chi connectivity index (χ4v) is 0.825. The average Bonchev–Trinajstić information content (AvgIpc) is 2.01. The van der Waals surface area contributed by atoms with Gasteiger partial charge in [0.1, 0.15) is 0 Å². The first-order valence-corrected chi connectivity index (χ1v) is 3.90. The lowest BCUT2D eigenvalue weighted by Gasteiger charge is -2.16. The standard InChI is InChI=1S/C7H12F3NO2/c1-2-3-5(4-12)11-6(13)7(8,9)10/h5,12H,2-4H2,1H3,(H,11,13)/t5-/m1/s1. The van der Waals surface area contributed by atoms with E-state index in [2.05, 4.69) is 0 Å². The van der Waals surface area contributed by atoms with Gasteiger partial charge in [-0.15, -0.1) is 0 Å². The molecule has 0 aliphatic rings. The molecule has 2 N–H and O–H groups in total. The fraction of sp³-hybridized carbons (Fsp3) is 0.857. The second-order valence-electron chi connectivity index (χ2n) is 2.64. The van der Waals surface area contributed by atoms with E-state index in [0.717, 1.165) is 0 Å². The Labute approximate surface area is 73.9 Å². The van der Waals surface area contributed by atoms with Gasteiger partial charge in [0.25, 0.3) is 0 Å². The summed E-state index contributed by atoms with van der Waals surface area (Å²) in [6.07, 6.45) is -3.94. The molecule has 0 aromatic carbocycles. The third-order valence-electron chi connectivity index (χ3n) is 1.45. The molecule has 0 rings (SSSR count). The highest BCUT2D eigenvalue weighted by Crippen LogP contribution is 2.14. The number of alkyl halides is 3. The van der Waals surface area contributed by atoms with Crippen LogP contribution in [0.2, 0.25) is 0 Å². The fourth-order valence-electron chi connectivity index (χ4n) is 0.825. The molecule has 0 aromatic rings. The van der Waals surface area contributed by atoms with Gasteiger partial charge in [0, 0.05) is 0 Å². The van der Waals surface area contributed by atoms with Gasteiger partial charge in [-0.05, 0) is 6.42 Å². The molecule has 0 saturated heterocycles. The van der Waals surface area contributed by atoms with Crippen LogP contribution in [0.25, 0.3) is 0 Å². The normalized spacial score (nSPS) is 13.9. The molecule has 3 nitrogen and oxygen atoms in total. The number of rotatable bonds is 4. The topological polar surface area (TPSA) is 49.3 Å². The number of nitrogens with one attached hydrogen (secondary N) is 1. The van der Waals surface area contributed by atoms with Crippen LogP contribution in [0.15, 0.2) is 0 Å². The van der Waals surface area contributed by atoms with Crippen LogP contribution in [-0.2, 0) is 4.79 Å². The lowest BCUT2D eigenvalue weighted by atomic mass is 10.2. The molecule has 0 spiro atoms. The number of aliphatic hydroxyl groups is 1. The van der Waals surface area contributed by atoms with E-state index in [1.165, 1.54) is 0 Å². The largest absolute Gasteiger partial charge is 0.471 e. The number of halogens is 3. The first kappa shape index (κ1) is 12.2. The number of carbonyl (C=O) groups is 1. The quantitative estimate of drug-likeness (QED) is 0.704. The zero-order chi connectivity index (χ0) is 10.5. The van der Waals surface area contributed by atoms with Gasteiger partial charge in [0.15, 0.2) is 0 Å². The maximum atomic E-state index is 11.7. The molecule has 0 aliphatic heterocycles. The summed E-state index contributed by atoms with van der Waals surface area (Å²) in [6.45, 7) is 1.28. The number of hydrogen-bond donors (Lipinski definition) is 2. The van der Waals surface area contributed by atoms with Crippen LogP contribution in [0.3, 0.4) is 0 Å². The summed E-state index contributed by atoms with van der Waals surface area (Å²) in [5.74, 6) is -2.00. The summed E-state index contributed by atoms with van der Waals surface area (Å²) < 4.78 is 35.1. The monoisotopic (exact) mass is 199 g/mol. The van der Waals surface area contributed by atoms with Gasteiger partial charge < -0.3 is 10.4 Å². The van der Waals surface area contributed by atoms with E-state index in [-0.39, 0.29) is 0 Å². The summed E-state index contributed by atoms with van der Waals surface area (Å²) in [6, 6.07) is -0.806. The van der Waals surface area contributed by atoms with Crippen LogP contribution in [0.4, 0.5) is 13.2 Å². The Morgan fingerprint density at radius 2 is 2.08 bits per heavy atom. The van der Waals surface area contributed by atoms with E-state index < -0.39 is 24.7 Å². The van der Waals surface area contributed by atoms with Gasteiger partial charge in [0.05, 0.1) is 12.6 Å². The summed E-state index contributed by atoms with van der Waals surface area (Å²) in [5, 5.41) is 10.3. The Morgan fingerprint density at radius 3 is 2.38 bits per heavy atom. The molecule has 0 aliphatic carbocycles. The lowest BCUT2D eigenvalue weighted by Crippen LogP contribution is -2.44. The molecular formula is C7H12F3NO2. The van der Waals surface area contributed by atoms with Crippen LogP contribution in [-0.4, -0.2) is 29.8 Å². The van der Waals surface area contributed by atoms with Crippen LogP contribution < -0.4 is 5.32 Å². The van der Waals surface area contributed by atoms with E-state index in [1.807, 2.05) is 0 Å². The Kier molecular flexibility index (Phi) is 4.76. The Morgan fingerprint density at radius 1 is 1.54 bits per heavy atom. The van der Waals surface area contributed by atoms with Gasteiger partial charge >= 0.3 is 12.1 Å². The van der Waals surface area contributed by atoms with Crippen molar-refractivity contribution in [2.45, 2.75) is 32.0 Å². The molecule has 13 heavy (non-hydrogen) atoms. The number of amides is 1. The molecule has 0 bridgehead atoms. The molecule has 1 atom stereocenters. The van der Waals surface area contributed by atoms with Crippen LogP contribution in [0.5, 0.6) is 0 Å². The molecule has 0 aromatic heterocycles. The number of carbonyl (C=O) groups excluding carboxylic acids is 1. The Hall–Kier alpha value is -0.780. The van der Waals surface area contributed by atoms with E-state index in [4.69, 9.17) is 5.11 Å². The van der Waals surface area contributed by atoms with Crippen molar-refractivity contribution < 1.29 is 23.1 Å². The van der Waals surface area contributed by atoms with E-state index in [1.54, 1.807) is 12.2 Å². The maximum Gasteiger partial charge on any atom is 0.471 e. The molecule has 78 valence electrons. The van der Waals surface area contributed by atoms with E-state index in [9.17, 15) is 18.0 Å². The zero-order valence-corrected chi connectivity index (χ0v) is 7.19. The predicted octanol–water partition coefficient (Wildman–Crippen LogP) is 0.826. The van der Waals surface area contributed by atoms with E-state index >= 15 is 0 Å². The van der Waals surface area contributed by atoms with Crippen LogP contribution in [0, 0.1) is 0 Å². The Balaban J connectivity index is 4.01. The van der Waals surface area contributed by atoms with Gasteiger partial charge in [0.2, 0.25) is 0 Å². The molecule has 0 radical (unpaired) electrons. The number of aliphatic hydroxyl groups excluding tert-OH is 1. The average molecular weight is 199 g/mol. The molecular weight excluding hydrogens is 187 g/mol. The minimum atomic E-state index is -4.87. The van der Waals surface area contributed by atoms with Crippen molar-refractivity contribution >= 4 is 5.91 Å². The van der Waals surface area contributed by atoms with Gasteiger partial charge in [-0.2, -0.15) is 13.2 Å². The molecule has 6 heteroatoms. The van der Waals surface area contributed by atoms with Crippen LogP contribution >= 0.6 is 0 Å². The minimum Gasteiger partial charge on any atom is -0.394 e. The maximum absolute atomic E-state index is 11.7. The first-order chi connectivity index (χ1) is 5.91. The van der Waals surface area contributed by atoms with Crippen LogP contribution in [0.1, 0.15) is 19.8 Å². The highest BCUT2D eigenvalue weighted by atomic mass is 19.4. The van der Waals surface area contributed by atoms with Gasteiger partial charge in [-0.25, -0.2) is 0 Å². The minimum absolute atomic E-state index is 0.332. The van der Waals surface area contributed by atoms with Crippen molar-refractivity contribution in [2.75, 3.05) is 6.61 Å². The highest BCUT2D eigenvalue weighted by Gasteiger charge is 2.39. The molecule has 0 saturated carbocycles. The number of hydrogen-bond acceptors (Lipinski definition) is 2. The van der Waals surface area contributed by atoms with Gasteiger partial charge in [-0.3, -0.25) is 4.79 Å². The van der Waals surface area contributed by atoms with Crippen molar-refractivity contribution in [3.63, 3.8) is 0 Å². The third-order valence-corrected chi connectivity index (χ3v) is 1.45. The summed E-state index contributed by atoms with van der Waals surface area (Å²) in [5.41, 5.74) is 0. The van der Waals surface area contributed by atoms with Crippen molar-refractivity contribution in [1.82, 2.24) is 5.32 Å². The van der Waals surface area contributed by atoms with E-state index in [0.29, 0.717) is 12.8 Å².